The van der Waals surface area contributed by atoms with Gasteiger partial charge in [-0.05, 0) is 6.26 Å². The van der Waals surface area contributed by atoms with Gasteiger partial charge in [0, 0.05) is 12.3 Å². The van der Waals surface area contributed by atoms with Gasteiger partial charge in [-0.25, -0.2) is 0 Å². The number of amides is 1. The minimum atomic E-state index is -4.26. The lowest BCUT2D eigenvalue weighted by molar-refractivity contribution is -0.128. The maximum Gasteiger partial charge on any atom is 0.401 e. The van der Waals surface area contributed by atoms with E-state index in [4.69, 9.17) is 0 Å². The minimum Gasteiger partial charge on any atom is -0.354 e. The molecule has 7 heteroatoms. The first-order valence-corrected chi connectivity index (χ1v) is 5.38. The van der Waals surface area contributed by atoms with E-state index in [0.717, 1.165) is 5.75 Å². The molecule has 0 atom stereocenters. The van der Waals surface area contributed by atoms with Crippen LogP contribution in [0.2, 0.25) is 0 Å². The standard InChI is InChI=1S/C7H13F3N2OS/c1-14-3-2-12-6(13)4-11-5-7(8,9)10/h11H,2-5H2,1H3,(H,12,13). The quantitative estimate of drug-likeness (QED) is 0.657. The summed E-state index contributed by atoms with van der Waals surface area (Å²) in [7, 11) is 0. The highest BCUT2D eigenvalue weighted by Gasteiger charge is 2.26. The Kier molecular flexibility index (Phi) is 6.73. The summed E-state index contributed by atoms with van der Waals surface area (Å²) in [6.07, 6.45) is -2.38. The van der Waals surface area contributed by atoms with Crippen molar-refractivity contribution in [2.75, 3.05) is 31.6 Å². The Bertz CT molecular complexity index is 175. The van der Waals surface area contributed by atoms with E-state index in [0.29, 0.717) is 6.54 Å². The summed E-state index contributed by atoms with van der Waals surface area (Å²) in [6, 6.07) is 0. The number of nitrogens with one attached hydrogen (secondary N) is 2. The lowest BCUT2D eigenvalue weighted by Crippen LogP contribution is -2.38. The van der Waals surface area contributed by atoms with E-state index in [1.807, 2.05) is 11.6 Å². The predicted octanol–water partition coefficient (Wildman–Crippen LogP) is 0.617. The van der Waals surface area contributed by atoms with Crippen molar-refractivity contribution in [1.82, 2.24) is 10.6 Å². The monoisotopic (exact) mass is 230 g/mol. The van der Waals surface area contributed by atoms with E-state index < -0.39 is 18.6 Å². The molecule has 0 heterocycles. The summed E-state index contributed by atoms with van der Waals surface area (Å²) in [6.45, 7) is -0.954. The molecule has 0 aromatic heterocycles. The number of rotatable bonds is 6. The molecule has 0 aliphatic heterocycles. The van der Waals surface area contributed by atoms with Crippen molar-refractivity contribution >= 4 is 17.7 Å². The Morgan fingerprint density at radius 2 is 2.07 bits per heavy atom. The average Bonchev–Trinajstić information content (AvgIpc) is 2.02. The van der Waals surface area contributed by atoms with Crippen molar-refractivity contribution in [1.29, 1.82) is 0 Å². The molecular formula is C7H13F3N2OS. The topological polar surface area (TPSA) is 41.1 Å². The number of hydrogen-bond acceptors (Lipinski definition) is 3. The lowest BCUT2D eigenvalue weighted by atomic mass is 10.5. The smallest absolute Gasteiger partial charge is 0.354 e. The van der Waals surface area contributed by atoms with Crippen LogP contribution in [0.25, 0.3) is 0 Å². The molecule has 0 aliphatic carbocycles. The maximum absolute atomic E-state index is 11.6. The molecule has 3 nitrogen and oxygen atoms in total. The molecule has 0 spiro atoms. The number of carbonyl (C=O) groups excluding carboxylic acids is 1. The van der Waals surface area contributed by atoms with Crippen molar-refractivity contribution in [2.45, 2.75) is 6.18 Å². The third kappa shape index (κ3) is 9.66. The second-order valence-corrected chi connectivity index (χ2v) is 3.55. The largest absolute Gasteiger partial charge is 0.401 e. The lowest BCUT2D eigenvalue weighted by Gasteiger charge is -2.08. The molecule has 0 unspecified atom stereocenters. The van der Waals surface area contributed by atoms with E-state index in [2.05, 4.69) is 5.32 Å². The van der Waals surface area contributed by atoms with Gasteiger partial charge in [0.05, 0.1) is 13.1 Å². The molecule has 0 fully saturated rings. The molecular weight excluding hydrogens is 217 g/mol. The third-order valence-corrected chi connectivity index (χ3v) is 1.85. The van der Waals surface area contributed by atoms with Crippen LogP contribution in [0, 0.1) is 0 Å². The van der Waals surface area contributed by atoms with Gasteiger partial charge in [-0.2, -0.15) is 24.9 Å². The Hall–Kier alpha value is -0.430. The van der Waals surface area contributed by atoms with Crippen molar-refractivity contribution < 1.29 is 18.0 Å². The second-order valence-electron chi connectivity index (χ2n) is 2.56. The van der Waals surface area contributed by atoms with Crippen molar-refractivity contribution in [3.63, 3.8) is 0 Å². The molecule has 0 saturated carbocycles. The maximum atomic E-state index is 11.6. The predicted molar refractivity (Wildman–Crippen MR) is 50.3 cm³/mol. The third-order valence-electron chi connectivity index (χ3n) is 1.24. The first-order valence-electron chi connectivity index (χ1n) is 3.99. The summed E-state index contributed by atoms with van der Waals surface area (Å²) in [5.74, 6) is 0.341. The average molecular weight is 230 g/mol. The fourth-order valence-corrected chi connectivity index (χ4v) is 0.979. The number of alkyl halides is 3. The fraction of sp³-hybridized carbons (Fsp3) is 0.857. The second kappa shape index (κ2) is 6.94. The van der Waals surface area contributed by atoms with E-state index in [9.17, 15) is 18.0 Å². The zero-order valence-electron chi connectivity index (χ0n) is 7.78. The summed E-state index contributed by atoms with van der Waals surface area (Å²) in [5, 5.41) is 4.49. The molecule has 0 aromatic carbocycles. The van der Waals surface area contributed by atoms with Gasteiger partial charge < -0.3 is 10.6 Å². The first kappa shape index (κ1) is 13.6. The first-order chi connectivity index (χ1) is 6.45. The molecule has 0 radical (unpaired) electrons. The normalized spacial score (nSPS) is 11.4. The van der Waals surface area contributed by atoms with Gasteiger partial charge >= 0.3 is 6.18 Å². The van der Waals surface area contributed by atoms with Crippen LogP contribution < -0.4 is 10.6 Å². The van der Waals surface area contributed by atoms with E-state index in [1.165, 1.54) is 0 Å². The van der Waals surface area contributed by atoms with Gasteiger partial charge in [-0.1, -0.05) is 0 Å². The van der Waals surface area contributed by atoms with Crippen molar-refractivity contribution in [2.24, 2.45) is 0 Å². The highest BCUT2D eigenvalue weighted by Crippen LogP contribution is 2.11. The number of halogens is 3. The Morgan fingerprint density at radius 1 is 1.43 bits per heavy atom. The van der Waals surface area contributed by atoms with Crippen LogP contribution in [-0.2, 0) is 4.79 Å². The Balaban J connectivity index is 3.36. The molecule has 0 rings (SSSR count). The zero-order chi connectivity index (χ0) is 11.0. The SMILES string of the molecule is CSCCNC(=O)CNCC(F)(F)F. The summed E-state index contributed by atoms with van der Waals surface area (Å²) >= 11 is 1.56. The minimum absolute atomic E-state index is 0.298. The van der Waals surface area contributed by atoms with Crippen LogP contribution in [0.5, 0.6) is 0 Å². The molecule has 0 aromatic rings. The van der Waals surface area contributed by atoms with Crippen LogP contribution >= 0.6 is 11.8 Å². The highest BCUT2D eigenvalue weighted by molar-refractivity contribution is 7.98. The summed E-state index contributed by atoms with van der Waals surface area (Å²) < 4.78 is 34.8. The molecule has 0 bridgehead atoms. The number of hydrogen-bond donors (Lipinski definition) is 2. The van der Waals surface area contributed by atoms with Crippen LogP contribution in [0.15, 0.2) is 0 Å². The van der Waals surface area contributed by atoms with Gasteiger partial charge in [0.15, 0.2) is 0 Å². The van der Waals surface area contributed by atoms with Crippen molar-refractivity contribution in [3.05, 3.63) is 0 Å². The van der Waals surface area contributed by atoms with Gasteiger partial charge in [-0.3, -0.25) is 4.79 Å². The van der Waals surface area contributed by atoms with E-state index >= 15 is 0 Å². The molecule has 84 valence electrons. The Labute approximate surface area is 84.8 Å². The van der Waals surface area contributed by atoms with Crippen LogP contribution in [-0.4, -0.2) is 43.7 Å². The Morgan fingerprint density at radius 3 is 2.57 bits per heavy atom. The van der Waals surface area contributed by atoms with E-state index in [-0.39, 0.29) is 6.54 Å². The van der Waals surface area contributed by atoms with Gasteiger partial charge in [0.2, 0.25) is 5.91 Å². The van der Waals surface area contributed by atoms with E-state index in [1.54, 1.807) is 11.8 Å². The molecule has 1 amide bonds. The molecule has 14 heavy (non-hydrogen) atoms. The van der Waals surface area contributed by atoms with Gasteiger partial charge in [0.25, 0.3) is 0 Å². The zero-order valence-corrected chi connectivity index (χ0v) is 8.60. The van der Waals surface area contributed by atoms with Crippen LogP contribution in [0.3, 0.4) is 0 Å². The van der Waals surface area contributed by atoms with Crippen LogP contribution in [0.1, 0.15) is 0 Å². The molecule has 0 saturated heterocycles. The van der Waals surface area contributed by atoms with Gasteiger partial charge in [-0.15, -0.1) is 0 Å². The molecule has 0 aliphatic rings. The summed E-state index contributed by atoms with van der Waals surface area (Å²) in [5.41, 5.74) is 0. The number of thioether (sulfide) groups is 1. The number of carbonyl (C=O) groups is 1. The molecule has 2 N–H and O–H groups in total. The van der Waals surface area contributed by atoms with Gasteiger partial charge in [0.1, 0.15) is 0 Å². The summed E-state index contributed by atoms with van der Waals surface area (Å²) in [4.78, 5) is 10.9. The highest BCUT2D eigenvalue weighted by atomic mass is 32.2. The fourth-order valence-electron chi connectivity index (χ4n) is 0.673. The van der Waals surface area contributed by atoms with Crippen LogP contribution in [0.4, 0.5) is 13.2 Å². The van der Waals surface area contributed by atoms with Crippen molar-refractivity contribution in [3.8, 4) is 0 Å².